The summed E-state index contributed by atoms with van der Waals surface area (Å²) in [5, 5.41) is 8.67. The molecule has 0 N–H and O–H groups in total. The molecule has 1 aromatic carbocycles. The first kappa shape index (κ1) is 13.5. The molecular formula is C13H15ClN2O. The van der Waals surface area contributed by atoms with Gasteiger partial charge in [0, 0.05) is 25.4 Å². The van der Waals surface area contributed by atoms with Gasteiger partial charge in [-0.05, 0) is 17.7 Å². The molecule has 0 bridgehead atoms. The molecule has 0 aliphatic rings. The monoisotopic (exact) mass is 250 g/mol. The summed E-state index contributed by atoms with van der Waals surface area (Å²) in [7, 11) is 1.75. The van der Waals surface area contributed by atoms with Crippen LogP contribution in [0.5, 0.6) is 0 Å². The molecule has 0 aromatic heterocycles. The molecular weight excluding hydrogens is 236 g/mol. The Morgan fingerprint density at radius 2 is 2.06 bits per heavy atom. The van der Waals surface area contributed by atoms with Gasteiger partial charge in [0.2, 0.25) is 5.91 Å². The van der Waals surface area contributed by atoms with Crippen LogP contribution in [0.15, 0.2) is 24.3 Å². The number of amides is 1. The van der Waals surface area contributed by atoms with Crippen molar-refractivity contribution < 1.29 is 4.79 Å². The standard InChI is InChI=1S/C13H15ClN2O/c1-10(7-14)13(17)16(2)9-12-5-3-11(8-15)4-6-12/h3-6,10H,7,9H2,1-2H3. The van der Waals surface area contributed by atoms with Crippen LogP contribution in [0.25, 0.3) is 0 Å². The van der Waals surface area contributed by atoms with E-state index in [2.05, 4.69) is 6.07 Å². The molecule has 1 unspecified atom stereocenters. The Kier molecular flexibility index (Phi) is 4.99. The second-order valence-corrected chi connectivity index (χ2v) is 4.37. The van der Waals surface area contributed by atoms with E-state index in [0.717, 1.165) is 5.56 Å². The third-order valence-electron chi connectivity index (χ3n) is 2.53. The molecule has 1 amide bonds. The van der Waals surface area contributed by atoms with Crippen molar-refractivity contribution in [1.82, 2.24) is 4.90 Å². The van der Waals surface area contributed by atoms with Crippen LogP contribution in [-0.2, 0) is 11.3 Å². The third kappa shape index (κ3) is 3.76. The number of halogens is 1. The highest BCUT2D eigenvalue weighted by atomic mass is 35.5. The first-order chi connectivity index (χ1) is 8.08. The van der Waals surface area contributed by atoms with Crippen LogP contribution in [0.1, 0.15) is 18.1 Å². The predicted octanol–water partition coefficient (Wildman–Crippen LogP) is 2.39. The van der Waals surface area contributed by atoms with E-state index in [4.69, 9.17) is 16.9 Å². The number of hydrogen-bond donors (Lipinski definition) is 0. The number of carbonyl (C=O) groups is 1. The Bertz CT molecular complexity index is 422. The first-order valence-electron chi connectivity index (χ1n) is 5.38. The fourth-order valence-corrected chi connectivity index (χ4v) is 1.61. The lowest BCUT2D eigenvalue weighted by molar-refractivity contribution is -0.133. The number of benzene rings is 1. The lowest BCUT2D eigenvalue weighted by Crippen LogP contribution is -2.31. The topological polar surface area (TPSA) is 44.1 Å². The molecule has 0 heterocycles. The normalized spacial score (nSPS) is 11.6. The lowest BCUT2D eigenvalue weighted by Gasteiger charge is -2.20. The molecule has 0 aliphatic heterocycles. The molecule has 0 saturated carbocycles. The molecule has 0 radical (unpaired) electrons. The van der Waals surface area contributed by atoms with Crippen LogP contribution in [0.4, 0.5) is 0 Å². The molecule has 3 nitrogen and oxygen atoms in total. The maximum absolute atomic E-state index is 11.8. The highest BCUT2D eigenvalue weighted by Gasteiger charge is 2.16. The molecule has 1 aromatic rings. The van der Waals surface area contributed by atoms with Crippen molar-refractivity contribution in [3.8, 4) is 6.07 Å². The van der Waals surface area contributed by atoms with Crippen LogP contribution >= 0.6 is 11.6 Å². The highest BCUT2D eigenvalue weighted by molar-refractivity contribution is 6.19. The maximum atomic E-state index is 11.8. The van der Waals surface area contributed by atoms with Crippen LogP contribution in [-0.4, -0.2) is 23.7 Å². The van der Waals surface area contributed by atoms with Gasteiger partial charge >= 0.3 is 0 Å². The van der Waals surface area contributed by atoms with Gasteiger partial charge in [0.15, 0.2) is 0 Å². The molecule has 0 saturated heterocycles. The third-order valence-corrected chi connectivity index (χ3v) is 2.99. The smallest absolute Gasteiger partial charge is 0.226 e. The van der Waals surface area contributed by atoms with Gasteiger partial charge in [0.05, 0.1) is 11.6 Å². The average molecular weight is 251 g/mol. The molecule has 1 atom stereocenters. The Balaban J connectivity index is 2.65. The summed E-state index contributed by atoms with van der Waals surface area (Å²) in [5.41, 5.74) is 1.62. The second kappa shape index (κ2) is 6.27. The van der Waals surface area contributed by atoms with Crippen molar-refractivity contribution in [2.75, 3.05) is 12.9 Å². The summed E-state index contributed by atoms with van der Waals surface area (Å²) in [6, 6.07) is 9.27. The summed E-state index contributed by atoms with van der Waals surface area (Å²) < 4.78 is 0. The Labute approximate surface area is 107 Å². The second-order valence-electron chi connectivity index (χ2n) is 4.06. The fourth-order valence-electron chi connectivity index (χ4n) is 1.48. The van der Waals surface area contributed by atoms with Gasteiger partial charge in [0.1, 0.15) is 0 Å². The summed E-state index contributed by atoms with van der Waals surface area (Å²) in [6.45, 7) is 2.34. The van der Waals surface area contributed by atoms with Gasteiger partial charge in [0.25, 0.3) is 0 Å². The van der Waals surface area contributed by atoms with Gasteiger partial charge in [-0.25, -0.2) is 0 Å². The van der Waals surface area contributed by atoms with E-state index in [1.54, 1.807) is 24.1 Å². The number of nitrogens with zero attached hydrogens (tertiary/aromatic N) is 2. The summed E-state index contributed by atoms with van der Waals surface area (Å²) in [6.07, 6.45) is 0. The Hall–Kier alpha value is -1.53. The Morgan fingerprint density at radius 3 is 2.53 bits per heavy atom. The molecule has 0 aliphatic carbocycles. The minimum Gasteiger partial charge on any atom is -0.341 e. The van der Waals surface area contributed by atoms with E-state index in [1.165, 1.54) is 0 Å². The molecule has 90 valence electrons. The summed E-state index contributed by atoms with van der Waals surface area (Å²) in [5.74, 6) is 0.195. The SMILES string of the molecule is CC(CCl)C(=O)N(C)Cc1ccc(C#N)cc1. The lowest BCUT2D eigenvalue weighted by atomic mass is 10.1. The van der Waals surface area contributed by atoms with E-state index >= 15 is 0 Å². The summed E-state index contributed by atoms with van der Waals surface area (Å²) >= 11 is 5.65. The number of hydrogen-bond acceptors (Lipinski definition) is 2. The quantitative estimate of drug-likeness (QED) is 0.771. The zero-order chi connectivity index (χ0) is 12.8. The van der Waals surface area contributed by atoms with Gasteiger partial charge in [-0.15, -0.1) is 11.6 Å². The zero-order valence-corrected chi connectivity index (χ0v) is 10.7. The largest absolute Gasteiger partial charge is 0.341 e. The zero-order valence-electron chi connectivity index (χ0n) is 9.98. The summed E-state index contributed by atoms with van der Waals surface area (Å²) in [4.78, 5) is 13.4. The molecule has 17 heavy (non-hydrogen) atoms. The van der Waals surface area contributed by atoms with Crippen LogP contribution < -0.4 is 0 Å². The minimum absolute atomic E-state index is 0.0318. The van der Waals surface area contributed by atoms with Gasteiger partial charge in [-0.1, -0.05) is 19.1 Å². The van der Waals surface area contributed by atoms with Crippen molar-refractivity contribution in [2.24, 2.45) is 5.92 Å². The first-order valence-corrected chi connectivity index (χ1v) is 5.92. The van der Waals surface area contributed by atoms with E-state index in [9.17, 15) is 4.79 Å². The van der Waals surface area contributed by atoms with Crippen LogP contribution in [0.3, 0.4) is 0 Å². The van der Waals surface area contributed by atoms with Crippen LogP contribution in [0, 0.1) is 17.2 Å². The highest BCUT2D eigenvalue weighted by Crippen LogP contribution is 2.09. The van der Waals surface area contributed by atoms with Crippen molar-refractivity contribution in [3.63, 3.8) is 0 Å². The molecule has 1 rings (SSSR count). The predicted molar refractivity (Wildman–Crippen MR) is 67.5 cm³/mol. The van der Waals surface area contributed by atoms with Crippen molar-refractivity contribution in [1.29, 1.82) is 5.26 Å². The number of alkyl halides is 1. The van der Waals surface area contributed by atoms with Gasteiger partial charge < -0.3 is 4.90 Å². The van der Waals surface area contributed by atoms with Crippen molar-refractivity contribution in [3.05, 3.63) is 35.4 Å². The van der Waals surface area contributed by atoms with E-state index in [-0.39, 0.29) is 11.8 Å². The maximum Gasteiger partial charge on any atom is 0.226 e. The van der Waals surface area contributed by atoms with Crippen LogP contribution in [0.2, 0.25) is 0 Å². The fraction of sp³-hybridized carbons (Fsp3) is 0.385. The number of rotatable bonds is 4. The Morgan fingerprint density at radius 1 is 1.47 bits per heavy atom. The van der Waals surface area contributed by atoms with Crippen molar-refractivity contribution >= 4 is 17.5 Å². The minimum atomic E-state index is -0.167. The molecule has 0 spiro atoms. The number of carbonyl (C=O) groups excluding carboxylic acids is 1. The van der Waals surface area contributed by atoms with E-state index in [1.807, 2.05) is 19.1 Å². The molecule has 0 fully saturated rings. The van der Waals surface area contributed by atoms with E-state index in [0.29, 0.717) is 18.0 Å². The number of nitriles is 1. The molecule has 4 heteroatoms. The average Bonchev–Trinajstić information content (AvgIpc) is 2.37. The van der Waals surface area contributed by atoms with Crippen molar-refractivity contribution in [2.45, 2.75) is 13.5 Å². The van der Waals surface area contributed by atoms with Gasteiger partial charge in [-0.3, -0.25) is 4.79 Å². The van der Waals surface area contributed by atoms with Gasteiger partial charge in [-0.2, -0.15) is 5.26 Å². The van der Waals surface area contributed by atoms with E-state index < -0.39 is 0 Å².